The van der Waals surface area contributed by atoms with Crippen LogP contribution in [-0.4, -0.2) is 13.1 Å². The molecule has 0 aromatic carbocycles. The topological polar surface area (TPSA) is 52.3 Å². The van der Waals surface area contributed by atoms with Gasteiger partial charge in [-0.25, -0.2) is 0 Å². The van der Waals surface area contributed by atoms with Crippen molar-refractivity contribution >= 4 is 33.2 Å². The minimum absolute atomic E-state index is 0.225. The van der Waals surface area contributed by atoms with E-state index in [0.29, 0.717) is 0 Å². The van der Waals surface area contributed by atoms with Gasteiger partial charge < -0.3 is 10.5 Å². The summed E-state index contributed by atoms with van der Waals surface area (Å²) in [7, 11) is 1.37. The molecule has 3 nitrogen and oxygen atoms in total. The van der Waals surface area contributed by atoms with Gasteiger partial charge in [0, 0.05) is 10.9 Å². The molecule has 1 heterocycles. The highest BCUT2D eigenvalue weighted by Gasteiger charge is 2.14. The molecule has 0 aliphatic rings. The highest BCUT2D eigenvalue weighted by atomic mass is 79.9. The predicted molar refractivity (Wildman–Crippen MR) is 60.3 cm³/mol. The third-order valence-corrected chi connectivity index (χ3v) is 4.12. The molecule has 0 aliphatic heterocycles. The monoisotopic (exact) mass is 277 g/mol. The second-order valence-corrected chi connectivity index (χ2v) is 5.39. The van der Waals surface area contributed by atoms with Crippen LogP contribution in [0.4, 0.5) is 0 Å². The predicted octanol–water partition coefficient (Wildman–Crippen LogP) is 2.38. The van der Waals surface area contributed by atoms with E-state index < -0.39 is 0 Å². The number of hydrogen-bond donors (Lipinski definition) is 1. The Morgan fingerprint density at radius 2 is 2.43 bits per heavy atom. The molecule has 0 aliphatic carbocycles. The zero-order valence-electron chi connectivity index (χ0n) is 8.04. The van der Waals surface area contributed by atoms with Crippen LogP contribution in [0.15, 0.2) is 9.85 Å². The second kappa shape index (κ2) is 4.91. The Kier molecular flexibility index (Phi) is 4.10. The van der Waals surface area contributed by atoms with Crippen molar-refractivity contribution in [3.63, 3.8) is 0 Å². The summed E-state index contributed by atoms with van der Waals surface area (Å²) in [5.41, 5.74) is 6.99. The van der Waals surface area contributed by atoms with Crippen LogP contribution in [0, 0.1) is 6.92 Å². The van der Waals surface area contributed by atoms with Crippen molar-refractivity contribution in [2.45, 2.75) is 19.4 Å². The smallest absolute Gasteiger partial charge is 0.307 e. The van der Waals surface area contributed by atoms with Crippen LogP contribution in [0.2, 0.25) is 0 Å². The van der Waals surface area contributed by atoms with Crippen molar-refractivity contribution in [2.24, 2.45) is 5.73 Å². The normalized spacial score (nSPS) is 12.6. The number of halogens is 1. The lowest BCUT2D eigenvalue weighted by atomic mass is 10.2. The van der Waals surface area contributed by atoms with Gasteiger partial charge in [0.2, 0.25) is 0 Å². The number of carbonyl (C=O) groups excluding carboxylic acids is 1. The zero-order valence-corrected chi connectivity index (χ0v) is 10.4. The molecule has 0 fully saturated rings. The largest absolute Gasteiger partial charge is 0.469 e. The summed E-state index contributed by atoms with van der Waals surface area (Å²) in [6.45, 7) is 1.99. The Morgan fingerprint density at radius 1 is 1.79 bits per heavy atom. The Labute approximate surface area is 95.4 Å². The van der Waals surface area contributed by atoms with Gasteiger partial charge in [0.05, 0.1) is 17.3 Å². The van der Waals surface area contributed by atoms with Crippen LogP contribution in [0.1, 0.15) is 22.9 Å². The third kappa shape index (κ3) is 2.80. The van der Waals surface area contributed by atoms with Gasteiger partial charge in [0.1, 0.15) is 0 Å². The van der Waals surface area contributed by atoms with Gasteiger partial charge in [-0.2, -0.15) is 0 Å². The van der Waals surface area contributed by atoms with Crippen molar-refractivity contribution < 1.29 is 9.53 Å². The van der Waals surface area contributed by atoms with E-state index in [1.807, 2.05) is 13.0 Å². The Morgan fingerprint density at radius 3 is 2.86 bits per heavy atom. The lowest BCUT2D eigenvalue weighted by Gasteiger charge is -2.06. The van der Waals surface area contributed by atoms with Crippen LogP contribution in [0.5, 0.6) is 0 Å². The number of aryl methyl sites for hydroxylation is 1. The van der Waals surface area contributed by atoms with Gasteiger partial charge in [-0.3, -0.25) is 4.79 Å². The molecule has 0 unspecified atom stereocenters. The lowest BCUT2D eigenvalue weighted by Crippen LogP contribution is -2.15. The molecule has 1 atom stereocenters. The fraction of sp³-hybridized carbons (Fsp3) is 0.444. The van der Waals surface area contributed by atoms with Crippen LogP contribution < -0.4 is 5.73 Å². The SMILES string of the molecule is COC(=O)C[C@H](N)c1cc(C)c(Br)s1. The molecular weight excluding hydrogens is 266 g/mol. The Balaban J connectivity index is 2.69. The number of thiophene rings is 1. The van der Waals surface area contributed by atoms with Crippen molar-refractivity contribution in [1.29, 1.82) is 0 Å². The number of esters is 1. The van der Waals surface area contributed by atoms with Crippen LogP contribution in [0.25, 0.3) is 0 Å². The van der Waals surface area contributed by atoms with Gasteiger partial charge in [-0.15, -0.1) is 11.3 Å². The molecular formula is C9H12BrNO2S. The van der Waals surface area contributed by atoms with Gasteiger partial charge >= 0.3 is 5.97 Å². The van der Waals surface area contributed by atoms with Gasteiger partial charge in [-0.1, -0.05) is 0 Å². The minimum atomic E-state index is -0.278. The number of ether oxygens (including phenoxy) is 1. The van der Waals surface area contributed by atoms with Crippen molar-refractivity contribution in [2.75, 3.05) is 7.11 Å². The fourth-order valence-electron chi connectivity index (χ4n) is 1.03. The van der Waals surface area contributed by atoms with Crippen LogP contribution >= 0.6 is 27.3 Å². The molecule has 0 radical (unpaired) electrons. The fourth-order valence-corrected chi connectivity index (χ4v) is 2.60. The van der Waals surface area contributed by atoms with Crippen LogP contribution in [0.3, 0.4) is 0 Å². The number of hydrogen-bond acceptors (Lipinski definition) is 4. The van der Waals surface area contributed by atoms with E-state index in [1.165, 1.54) is 7.11 Å². The first-order chi connectivity index (χ1) is 6.54. The summed E-state index contributed by atoms with van der Waals surface area (Å²) in [6.07, 6.45) is 0.225. The zero-order chi connectivity index (χ0) is 10.7. The summed E-state index contributed by atoms with van der Waals surface area (Å²) in [4.78, 5) is 12.0. The number of rotatable bonds is 3. The molecule has 1 rings (SSSR count). The maximum atomic E-state index is 11.0. The maximum Gasteiger partial charge on any atom is 0.307 e. The second-order valence-electron chi connectivity index (χ2n) is 2.99. The average Bonchev–Trinajstić information content (AvgIpc) is 2.47. The minimum Gasteiger partial charge on any atom is -0.469 e. The van der Waals surface area contributed by atoms with Gasteiger partial charge in [0.15, 0.2) is 0 Å². The molecule has 0 saturated carbocycles. The highest BCUT2D eigenvalue weighted by Crippen LogP contribution is 2.31. The summed E-state index contributed by atoms with van der Waals surface area (Å²) < 4.78 is 5.62. The van der Waals surface area contributed by atoms with Crippen molar-refractivity contribution in [1.82, 2.24) is 0 Å². The third-order valence-electron chi connectivity index (χ3n) is 1.86. The molecule has 0 spiro atoms. The molecule has 2 N–H and O–H groups in total. The van der Waals surface area contributed by atoms with Gasteiger partial charge in [-0.05, 0) is 34.5 Å². The summed E-state index contributed by atoms with van der Waals surface area (Å²) in [6, 6.07) is 1.72. The molecule has 1 aromatic heterocycles. The molecule has 14 heavy (non-hydrogen) atoms. The van der Waals surface area contributed by atoms with E-state index in [-0.39, 0.29) is 18.4 Å². The standard InChI is InChI=1S/C9H12BrNO2S/c1-5-3-7(14-9(5)10)6(11)4-8(12)13-2/h3,6H,4,11H2,1-2H3/t6-/m0/s1. The quantitative estimate of drug-likeness (QED) is 0.864. The van der Waals surface area contributed by atoms with E-state index >= 15 is 0 Å². The molecule has 1 aromatic rings. The van der Waals surface area contributed by atoms with E-state index in [1.54, 1.807) is 11.3 Å². The van der Waals surface area contributed by atoms with Crippen molar-refractivity contribution in [3.05, 3.63) is 20.3 Å². The Hall–Kier alpha value is -0.390. The molecule has 0 bridgehead atoms. The van der Waals surface area contributed by atoms with E-state index in [2.05, 4.69) is 20.7 Å². The first-order valence-corrected chi connectivity index (χ1v) is 5.73. The van der Waals surface area contributed by atoms with E-state index in [9.17, 15) is 4.79 Å². The molecule has 78 valence electrons. The maximum absolute atomic E-state index is 11.0. The van der Waals surface area contributed by atoms with Gasteiger partial charge in [0.25, 0.3) is 0 Å². The van der Waals surface area contributed by atoms with E-state index in [0.717, 1.165) is 14.2 Å². The molecule has 0 saturated heterocycles. The number of nitrogens with two attached hydrogens (primary N) is 1. The average molecular weight is 278 g/mol. The van der Waals surface area contributed by atoms with Crippen LogP contribution in [-0.2, 0) is 9.53 Å². The Bertz CT molecular complexity index is 318. The van der Waals surface area contributed by atoms with Crippen molar-refractivity contribution in [3.8, 4) is 0 Å². The summed E-state index contributed by atoms with van der Waals surface area (Å²) in [5, 5.41) is 0. The first kappa shape index (κ1) is 11.7. The highest BCUT2D eigenvalue weighted by molar-refractivity contribution is 9.11. The summed E-state index contributed by atoms with van der Waals surface area (Å²) in [5.74, 6) is -0.278. The number of carbonyl (C=O) groups is 1. The lowest BCUT2D eigenvalue weighted by molar-refractivity contribution is -0.141. The first-order valence-electron chi connectivity index (χ1n) is 4.12. The summed E-state index contributed by atoms with van der Waals surface area (Å²) >= 11 is 4.97. The number of methoxy groups -OCH3 is 1. The van der Waals surface area contributed by atoms with E-state index in [4.69, 9.17) is 5.73 Å². The molecule has 0 amide bonds. The molecule has 5 heteroatoms.